The molecule has 3 atom stereocenters. The van der Waals surface area contributed by atoms with E-state index in [1.807, 2.05) is 12.3 Å². The zero-order chi connectivity index (χ0) is 23.2. The maximum atomic E-state index is 12.0. The molecular formula is C23H31N5O3S2. The van der Waals surface area contributed by atoms with Crippen molar-refractivity contribution in [2.24, 2.45) is 0 Å². The Morgan fingerprint density at radius 1 is 1.21 bits per heavy atom. The van der Waals surface area contributed by atoms with Gasteiger partial charge in [-0.05, 0) is 26.0 Å². The molecule has 0 radical (unpaired) electrons. The highest BCUT2D eigenvalue weighted by molar-refractivity contribution is 7.88. The Kier molecular flexibility index (Phi) is 6.21. The lowest BCUT2D eigenvalue weighted by Gasteiger charge is -2.46. The predicted molar refractivity (Wildman–Crippen MR) is 133 cm³/mol. The molecule has 33 heavy (non-hydrogen) atoms. The summed E-state index contributed by atoms with van der Waals surface area (Å²) in [6.07, 6.45) is 3.28. The number of aromatic amines is 1. The minimum atomic E-state index is -3.16. The van der Waals surface area contributed by atoms with Gasteiger partial charge in [0.25, 0.3) is 0 Å². The summed E-state index contributed by atoms with van der Waals surface area (Å²) >= 11 is 1.76. The highest BCUT2D eigenvalue weighted by atomic mass is 32.2. The van der Waals surface area contributed by atoms with Crippen LogP contribution in [-0.2, 0) is 14.8 Å². The topological polar surface area (TPSA) is 81.8 Å². The molecular weight excluding hydrogens is 458 g/mol. The number of rotatable bonds is 5. The number of H-pyrrole nitrogens is 1. The first-order valence-electron chi connectivity index (χ1n) is 11.4. The first-order chi connectivity index (χ1) is 15.8. The fraction of sp³-hybridized carbons (Fsp3) is 0.522. The number of piperazine rings is 1. The standard InChI is InChI=1S/C23H31N5O3S2/c1-16-11-27(33(3,29)30)12-17(2)28(16)14-19-13-26(7-8-31-19)18-9-23(32-15-18)20-5-4-6-22-21(20)10-24-25-22/h4-6,9-10,15-17,19H,7-8,11-14H2,1-3H3,(H,24,25)/t16-,17+,19?. The van der Waals surface area contributed by atoms with Crippen LogP contribution in [0.25, 0.3) is 21.3 Å². The molecule has 8 nitrogen and oxygen atoms in total. The van der Waals surface area contributed by atoms with E-state index < -0.39 is 10.0 Å². The number of nitrogens with zero attached hydrogens (tertiary/aromatic N) is 4. The minimum absolute atomic E-state index is 0.0917. The third-order valence-electron chi connectivity index (χ3n) is 6.79. The maximum Gasteiger partial charge on any atom is 0.211 e. The second kappa shape index (κ2) is 8.99. The number of benzene rings is 1. The van der Waals surface area contributed by atoms with E-state index in [-0.39, 0.29) is 18.2 Å². The van der Waals surface area contributed by atoms with Crippen molar-refractivity contribution >= 4 is 38.0 Å². The zero-order valence-corrected chi connectivity index (χ0v) is 20.9. The van der Waals surface area contributed by atoms with E-state index in [0.29, 0.717) is 19.7 Å². The number of aromatic nitrogens is 2. The summed E-state index contributed by atoms with van der Waals surface area (Å²) in [4.78, 5) is 6.04. The molecule has 1 N–H and O–H groups in total. The van der Waals surface area contributed by atoms with E-state index in [1.165, 1.54) is 22.4 Å². The van der Waals surface area contributed by atoms with Crippen LogP contribution in [0.5, 0.6) is 0 Å². The molecule has 0 bridgehead atoms. The van der Waals surface area contributed by atoms with Crippen LogP contribution >= 0.6 is 11.3 Å². The molecule has 2 aromatic heterocycles. The molecule has 2 saturated heterocycles. The quantitative estimate of drug-likeness (QED) is 0.594. The first kappa shape index (κ1) is 22.8. The lowest BCUT2D eigenvalue weighted by Crippen LogP contribution is -2.60. The van der Waals surface area contributed by atoms with Gasteiger partial charge in [0.1, 0.15) is 0 Å². The fourth-order valence-electron chi connectivity index (χ4n) is 5.05. The average Bonchev–Trinajstić information content (AvgIpc) is 3.45. The Balaban J connectivity index is 1.27. The number of hydrogen-bond acceptors (Lipinski definition) is 7. The van der Waals surface area contributed by atoms with Gasteiger partial charge in [0.05, 0.1) is 30.7 Å². The molecule has 0 aliphatic carbocycles. The monoisotopic (exact) mass is 489 g/mol. The van der Waals surface area contributed by atoms with Crippen molar-refractivity contribution in [3.05, 3.63) is 35.8 Å². The van der Waals surface area contributed by atoms with Gasteiger partial charge >= 0.3 is 0 Å². The van der Waals surface area contributed by atoms with E-state index in [4.69, 9.17) is 4.74 Å². The minimum Gasteiger partial charge on any atom is -0.373 e. The molecule has 4 heterocycles. The lowest BCUT2D eigenvalue weighted by molar-refractivity contribution is -0.0178. The van der Waals surface area contributed by atoms with Crippen molar-refractivity contribution in [2.75, 3.05) is 50.5 Å². The number of fused-ring (bicyclic) bond motifs is 1. The fourth-order valence-corrected chi connectivity index (χ4v) is 6.99. The Bertz CT molecular complexity index is 1210. The summed E-state index contributed by atoms with van der Waals surface area (Å²) in [7, 11) is -3.16. The number of morpholine rings is 1. The maximum absolute atomic E-state index is 12.0. The molecule has 1 unspecified atom stereocenters. The SMILES string of the molecule is C[C@@H]1CN(S(C)(=O)=O)C[C@H](C)N1CC1CN(c2csc(-c3cccc4[nH]ncc34)c2)CCO1. The van der Waals surface area contributed by atoms with Gasteiger partial charge in [-0.2, -0.15) is 9.40 Å². The van der Waals surface area contributed by atoms with E-state index in [1.54, 1.807) is 15.6 Å². The molecule has 2 aliphatic heterocycles. The Morgan fingerprint density at radius 3 is 2.76 bits per heavy atom. The van der Waals surface area contributed by atoms with E-state index >= 15 is 0 Å². The second-order valence-electron chi connectivity index (χ2n) is 9.22. The van der Waals surface area contributed by atoms with Gasteiger partial charge in [0.15, 0.2) is 0 Å². The molecule has 5 rings (SSSR count). The van der Waals surface area contributed by atoms with Crippen molar-refractivity contribution in [3.8, 4) is 10.4 Å². The third kappa shape index (κ3) is 4.67. The van der Waals surface area contributed by atoms with Crippen molar-refractivity contribution in [1.29, 1.82) is 0 Å². The molecule has 0 spiro atoms. The molecule has 1 aromatic carbocycles. The van der Waals surface area contributed by atoms with Crippen LogP contribution in [0.3, 0.4) is 0 Å². The molecule has 2 aliphatic rings. The number of sulfonamides is 1. The Labute approximate surface area is 199 Å². The van der Waals surface area contributed by atoms with Crippen LogP contribution in [-0.4, -0.2) is 91.6 Å². The number of anilines is 1. The Morgan fingerprint density at radius 2 is 2.00 bits per heavy atom. The zero-order valence-electron chi connectivity index (χ0n) is 19.3. The first-order valence-corrected chi connectivity index (χ1v) is 14.1. The largest absolute Gasteiger partial charge is 0.373 e. The van der Waals surface area contributed by atoms with Crippen LogP contribution in [0.4, 0.5) is 5.69 Å². The summed E-state index contributed by atoms with van der Waals surface area (Å²) in [5.41, 5.74) is 3.48. The Hall–Kier alpha value is -1.98. The van der Waals surface area contributed by atoms with Crippen molar-refractivity contribution in [1.82, 2.24) is 19.4 Å². The van der Waals surface area contributed by atoms with Gasteiger partial charge in [-0.3, -0.25) is 10.00 Å². The average molecular weight is 490 g/mol. The van der Waals surface area contributed by atoms with Crippen LogP contribution < -0.4 is 4.90 Å². The van der Waals surface area contributed by atoms with Crippen LogP contribution in [0.2, 0.25) is 0 Å². The van der Waals surface area contributed by atoms with Crippen molar-refractivity contribution < 1.29 is 13.2 Å². The van der Waals surface area contributed by atoms with Gasteiger partial charge in [-0.25, -0.2) is 8.42 Å². The van der Waals surface area contributed by atoms with Crippen LogP contribution in [0.15, 0.2) is 35.8 Å². The molecule has 0 saturated carbocycles. The molecule has 10 heteroatoms. The summed E-state index contributed by atoms with van der Waals surface area (Å²) in [5.74, 6) is 0. The summed E-state index contributed by atoms with van der Waals surface area (Å²) < 4.78 is 31.7. The van der Waals surface area contributed by atoms with Crippen molar-refractivity contribution in [2.45, 2.75) is 32.0 Å². The van der Waals surface area contributed by atoms with Gasteiger partial charge in [-0.15, -0.1) is 11.3 Å². The molecule has 178 valence electrons. The highest BCUT2D eigenvalue weighted by Gasteiger charge is 2.35. The second-order valence-corrected chi connectivity index (χ2v) is 12.1. The normalized spacial score (nSPS) is 25.7. The molecule has 0 amide bonds. The third-order valence-corrected chi connectivity index (χ3v) is 8.98. The number of nitrogens with one attached hydrogen (secondary N) is 1. The van der Waals surface area contributed by atoms with E-state index in [0.717, 1.165) is 30.5 Å². The highest BCUT2D eigenvalue weighted by Crippen LogP contribution is 2.36. The van der Waals surface area contributed by atoms with Gasteiger partial charge in [0.2, 0.25) is 10.0 Å². The summed E-state index contributed by atoms with van der Waals surface area (Å²) in [6.45, 7) is 8.49. The van der Waals surface area contributed by atoms with Crippen LogP contribution in [0, 0.1) is 0 Å². The van der Waals surface area contributed by atoms with Gasteiger partial charge in [0, 0.05) is 71.7 Å². The number of hydrogen-bond donors (Lipinski definition) is 1. The smallest absolute Gasteiger partial charge is 0.211 e. The summed E-state index contributed by atoms with van der Waals surface area (Å²) in [6, 6.07) is 8.84. The van der Waals surface area contributed by atoms with Gasteiger partial charge in [-0.1, -0.05) is 12.1 Å². The van der Waals surface area contributed by atoms with E-state index in [9.17, 15) is 8.42 Å². The van der Waals surface area contributed by atoms with Crippen LogP contribution in [0.1, 0.15) is 13.8 Å². The van der Waals surface area contributed by atoms with Crippen molar-refractivity contribution in [3.63, 3.8) is 0 Å². The summed E-state index contributed by atoms with van der Waals surface area (Å²) in [5, 5.41) is 10.6. The van der Waals surface area contributed by atoms with E-state index in [2.05, 4.69) is 57.4 Å². The number of thiophene rings is 1. The van der Waals surface area contributed by atoms with Gasteiger partial charge < -0.3 is 9.64 Å². The predicted octanol–water partition coefficient (Wildman–Crippen LogP) is 2.85. The molecule has 2 fully saturated rings. The molecule has 3 aromatic rings. The number of ether oxygens (including phenoxy) is 1. The lowest BCUT2D eigenvalue weighted by atomic mass is 10.1.